The molecule has 2 heterocycles. The second kappa shape index (κ2) is 7.99. The lowest BCUT2D eigenvalue weighted by Gasteiger charge is -2.14. The third-order valence-corrected chi connectivity index (χ3v) is 5.50. The van der Waals surface area contributed by atoms with Crippen molar-refractivity contribution in [1.29, 1.82) is 0 Å². The Morgan fingerprint density at radius 1 is 1.33 bits per heavy atom. The van der Waals surface area contributed by atoms with Crippen LogP contribution in [-0.2, 0) is 11.3 Å². The standard InChI is InChI=1S/C18H21ClN2O2S/c1-13-16(12-21-10-2-4-17(21)22)24-18(20-13)14-5-7-15(8-6-14)23-11-3-9-19/h5-8H,2-4,9-12H2,1H3. The fraction of sp³-hybridized carbons (Fsp3) is 0.444. The van der Waals surface area contributed by atoms with Crippen LogP contribution in [0.4, 0.5) is 0 Å². The van der Waals surface area contributed by atoms with Gasteiger partial charge in [-0.25, -0.2) is 4.98 Å². The molecule has 1 aliphatic rings. The topological polar surface area (TPSA) is 42.4 Å². The van der Waals surface area contributed by atoms with Gasteiger partial charge < -0.3 is 9.64 Å². The molecule has 6 heteroatoms. The van der Waals surface area contributed by atoms with E-state index in [1.54, 1.807) is 11.3 Å². The second-order valence-electron chi connectivity index (χ2n) is 5.86. The van der Waals surface area contributed by atoms with Gasteiger partial charge in [-0.15, -0.1) is 22.9 Å². The van der Waals surface area contributed by atoms with E-state index in [2.05, 4.69) is 4.98 Å². The number of carbonyl (C=O) groups excluding carboxylic acids is 1. The van der Waals surface area contributed by atoms with E-state index in [4.69, 9.17) is 16.3 Å². The number of ether oxygens (including phenoxy) is 1. The van der Waals surface area contributed by atoms with Crippen LogP contribution in [0, 0.1) is 6.92 Å². The molecule has 0 aliphatic carbocycles. The summed E-state index contributed by atoms with van der Waals surface area (Å²) >= 11 is 7.31. The van der Waals surface area contributed by atoms with Crippen molar-refractivity contribution in [2.75, 3.05) is 19.0 Å². The predicted octanol–water partition coefficient (Wildman–Crippen LogP) is 4.25. The third kappa shape index (κ3) is 4.08. The van der Waals surface area contributed by atoms with Gasteiger partial charge >= 0.3 is 0 Å². The molecule has 2 aromatic rings. The number of hydrogen-bond acceptors (Lipinski definition) is 4. The van der Waals surface area contributed by atoms with Gasteiger partial charge in [0.1, 0.15) is 10.8 Å². The van der Waals surface area contributed by atoms with Crippen LogP contribution >= 0.6 is 22.9 Å². The summed E-state index contributed by atoms with van der Waals surface area (Å²) < 4.78 is 5.62. The first kappa shape index (κ1) is 17.2. The fourth-order valence-corrected chi connectivity index (χ4v) is 3.87. The number of halogens is 1. The summed E-state index contributed by atoms with van der Waals surface area (Å²) in [6, 6.07) is 7.98. The molecular weight excluding hydrogens is 344 g/mol. The molecule has 1 aliphatic heterocycles. The minimum atomic E-state index is 0.253. The first-order valence-corrected chi connectivity index (χ1v) is 9.56. The number of aromatic nitrogens is 1. The molecule has 1 aromatic heterocycles. The van der Waals surface area contributed by atoms with Crippen molar-refractivity contribution in [1.82, 2.24) is 9.88 Å². The number of hydrogen-bond donors (Lipinski definition) is 0. The number of thiazole rings is 1. The summed E-state index contributed by atoms with van der Waals surface area (Å²) in [6.45, 7) is 4.19. The number of alkyl halides is 1. The summed E-state index contributed by atoms with van der Waals surface area (Å²) in [6.07, 6.45) is 2.48. The molecule has 1 saturated heterocycles. The minimum Gasteiger partial charge on any atom is -0.494 e. The normalized spacial score (nSPS) is 14.4. The van der Waals surface area contributed by atoms with Crippen molar-refractivity contribution in [2.24, 2.45) is 0 Å². The molecule has 24 heavy (non-hydrogen) atoms. The molecule has 1 amide bonds. The Kier molecular flexibility index (Phi) is 5.74. The Morgan fingerprint density at radius 3 is 2.79 bits per heavy atom. The van der Waals surface area contributed by atoms with Crippen molar-refractivity contribution in [2.45, 2.75) is 32.7 Å². The Labute approximate surface area is 151 Å². The van der Waals surface area contributed by atoms with Crippen LogP contribution in [0.2, 0.25) is 0 Å². The lowest BCUT2D eigenvalue weighted by Crippen LogP contribution is -2.23. The lowest BCUT2D eigenvalue weighted by atomic mass is 10.2. The van der Waals surface area contributed by atoms with Gasteiger partial charge in [0.2, 0.25) is 5.91 Å². The molecule has 1 fully saturated rings. The van der Waals surface area contributed by atoms with E-state index < -0.39 is 0 Å². The zero-order chi connectivity index (χ0) is 16.9. The van der Waals surface area contributed by atoms with Gasteiger partial charge in [0, 0.05) is 29.3 Å². The molecular formula is C18H21ClN2O2S. The Morgan fingerprint density at radius 2 is 2.12 bits per heavy atom. The van der Waals surface area contributed by atoms with E-state index in [9.17, 15) is 4.79 Å². The summed E-state index contributed by atoms with van der Waals surface area (Å²) in [7, 11) is 0. The molecule has 3 rings (SSSR count). The Hall–Kier alpha value is -1.59. The van der Waals surface area contributed by atoms with Crippen LogP contribution in [0.15, 0.2) is 24.3 Å². The lowest BCUT2D eigenvalue weighted by molar-refractivity contribution is -0.128. The summed E-state index contributed by atoms with van der Waals surface area (Å²) in [4.78, 5) is 19.6. The predicted molar refractivity (Wildman–Crippen MR) is 97.8 cm³/mol. The van der Waals surface area contributed by atoms with Crippen LogP contribution in [0.1, 0.15) is 29.8 Å². The maximum absolute atomic E-state index is 11.8. The van der Waals surface area contributed by atoms with Gasteiger partial charge in [0.25, 0.3) is 0 Å². The van der Waals surface area contributed by atoms with Crippen LogP contribution < -0.4 is 4.74 Å². The van der Waals surface area contributed by atoms with Crippen molar-refractivity contribution >= 4 is 28.8 Å². The van der Waals surface area contributed by atoms with E-state index >= 15 is 0 Å². The average Bonchev–Trinajstić information content (AvgIpc) is 3.15. The monoisotopic (exact) mass is 364 g/mol. The van der Waals surface area contributed by atoms with Gasteiger partial charge in [-0.2, -0.15) is 0 Å². The summed E-state index contributed by atoms with van der Waals surface area (Å²) in [5, 5.41) is 0.987. The molecule has 4 nitrogen and oxygen atoms in total. The molecule has 0 saturated carbocycles. The molecule has 0 bridgehead atoms. The molecule has 0 radical (unpaired) electrons. The van der Waals surface area contributed by atoms with Gasteiger partial charge in [0.05, 0.1) is 18.8 Å². The zero-order valence-corrected chi connectivity index (χ0v) is 15.3. The fourth-order valence-electron chi connectivity index (χ4n) is 2.68. The quantitative estimate of drug-likeness (QED) is 0.545. The van der Waals surface area contributed by atoms with Gasteiger partial charge in [0.15, 0.2) is 0 Å². The van der Waals surface area contributed by atoms with Gasteiger partial charge in [-0.1, -0.05) is 0 Å². The van der Waals surface area contributed by atoms with E-state index in [0.29, 0.717) is 25.5 Å². The largest absolute Gasteiger partial charge is 0.494 e. The van der Waals surface area contributed by atoms with Crippen LogP contribution in [0.3, 0.4) is 0 Å². The highest BCUT2D eigenvalue weighted by Gasteiger charge is 2.22. The number of amides is 1. The maximum Gasteiger partial charge on any atom is 0.222 e. The van der Waals surface area contributed by atoms with Crippen LogP contribution in [0.5, 0.6) is 5.75 Å². The molecule has 128 valence electrons. The number of carbonyl (C=O) groups is 1. The minimum absolute atomic E-state index is 0.253. The SMILES string of the molecule is Cc1nc(-c2ccc(OCCCCl)cc2)sc1CN1CCCC1=O. The summed E-state index contributed by atoms with van der Waals surface area (Å²) in [5.74, 6) is 1.71. The van der Waals surface area contributed by atoms with Crippen molar-refractivity contribution in [3.05, 3.63) is 34.8 Å². The second-order valence-corrected chi connectivity index (χ2v) is 7.32. The first-order valence-electron chi connectivity index (χ1n) is 8.20. The average molecular weight is 365 g/mol. The van der Waals surface area contributed by atoms with Crippen molar-refractivity contribution in [3.63, 3.8) is 0 Å². The molecule has 1 aromatic carbocycles. The van der Waals surface area contributed by atoms with Crippen LogP contribution in [-0.4, -0.2) is 34.8 Å². The Bertz CT molecular complexity index is 700. The number of nitrogens with zero attached hydrogens (tertiary/aromatic N) is 2. The van der Waals surface area contributed by atoms with Crippen LogP contribution in [0.25, 0.3) is 10.6 Å². The highest BCUT2D eigenvalue weighted by atomic mass is 35.5. The summed E-state index contributed by atoms with van der Waals surface area (Å²) in [5.41, 5.74) is 2.09. The Balaban J connectivity index is 1.68. The number of rotatable bonds is 7. The number of likely N-dealkylation sites (tertiary alicyclic amines) is 1. The highest BCUT2D eigenvalue weighted by molar-refractivity contribution is 7.15. The molecule has 0 atom stereocenters. The van der Waals surface area contributed by atoms with E-state index in [-0.39, 0.29) is 5.91 Å². The molecule has 0 unspecified atom stereocenters. The van der Waals surface area contributed by atoms with Gasteiger partial charge in [-0.05, 0) is 44.0 Å². The maximum atomic E-state index is 11.8. The smallest absolute Gasteiger partial charge is 0.222 e. The van der Waals surface area contributed by atoms with Crippen molar-refractivity contribution < 1.29 is 9.53 Å². The number of aryl methyl sites for hydroxylation is 1. The van der Waals surface area contributed by atoms with Crippen molar-refractivity contribution in [3.8, 4) is 16.3 Å². The molecule has 0 N–H and O–H groups in total. The highest BCUT2D eigenvalue weighted by Crippen LogP contribution is 2.30. The zero-order valence-electron chi connectivity index (χ0n) is 13.8. The van der Waals surface area contributed by atoms with E-state index in [0.717, 1.165) is 41.4 Å². The van der Waals surface area contributed by atoms with Gasteiger partial charge in [-0.3, -0.25) is 4.79 Å². The molecule has 0 spiro atoms. The first-order chi connectivity index (χ1) is 11.7. The van der Waals surface area contributed by atoms with E-state index in [1.807, 2.05) is 36.1 Å². The number of benzene rings is 1. The van der Waals surface area contributed by atoms with E-state index in [1.165, 1.54) is 4.88 Å². The third-order valence-electron chi connectivity index (χ3n) is 4.05.